The Bertz CT molecular complexity index is 1860. The van der Waals surface area contributed by atoms with E-state index in [0.29, 0.717) is 0 Å². The summed E-state index contributed by atoms with van der Waals surface area (Å²) in [5.41, 5.74) is 0. The van der Waals surface area contributed by atoms with Crippen molar-refractivity contribution in [2.75, 3.05) is 0 Å². The lowest BCUT2D eigenvalue weighted by atomic mass is 11.8. The van der Waals surface area contributed by atoms with Crippen molar-refractivity contribution in [2.45, 2.75) is 314 Å². The first-order chi connectivity index (χ1) is 41.0. The summed E-state index contributed by atoms with van der Waals surface area (Å²) in [5, 5.41) is 0. The lowest BCUT2D eigenvalue weighted by Crippen LogP contribution is -2.73. The van der Waals surface area contributed by atoms with Crippen molar-refractivity contribution in [1.82, 2.24) is 0 Å². The van der Waals surface area contributed by atoms with Gasteiger partial charge in [-0.25, -0.2) is 0 Å². The molecule has 576 valence electrons. The van der Waals surface area contributed by atoms with Gasteiger partial charge >= 0.3 is 106 Å². The van der Waals surface area contributed by atoms with Gasteiger partial charge in [0.2, 0.25) is 0 Å². The number of hydrogen-bond acceptors (Lipinski definition) is 24. The molecular formula is C48H144O24Si24. The molecule has 1 fully saturated rings. The Morgan fingerprint density at radius 3 is 0.188 bits per heavy atom. The van der Waals surface area contributed by atoms with Gasteiger partial charge < -0.3 is 98.8 Å². The molecule has 0 aromatic heterocycles. The second kappa shape index (κ2) is 32.3. The van der Waals surface area contributed by atoms with Crippen LogP contribution < -0.4 is 0 Å². The Morgan fingerprint density at radius 2 is 0.156 bits per heavy atom. The Hall–Kier alpha value is 4.25. The zero-order chi connectivity index (χ0) is 77.0. The van der Waals surface area contributed by atoms with Crippen molar-refractivity contribution < 1.29 is 98.8 Å². The fourth-order valence-corrected chi connectivity index (χ4v) is 117. The van der Waals surface area contributed by atoms with Crippen LogP contribution in [0.15, 0.2) is 0 Å². The highest BCUT2D eigenvalue weighted by Gasteiger charge is 2.69. The predicted molar refractivity (Wildman–Crippen MR) is 446 cm³/mol. The molecule has 48 heteroatoms. The van der Waals surface area contributed by atoms with Crippen LogP contribution in [-0.2, 0) is 98.8 Å². The first-order valence-corrected chi connectivity index (χ1v) is 101. The van der Waals surface area contributed by atoms with E-state index in [1.54, 1.807) is 0 Å². The molecule has 1 aliphatic rings. The summed E-state index contributed by atoms with van der Waals surface area (Å²) in [6.07, 6.45) is 0. The number of hydrogen-bond donors (Lipinski definition) is 0. The molecule has 0 aromatic rings. The Morgan fingerprint density at radius 1 is 0.115 bits per heavy atom. The SMILES string of the molecule is C[Si](C)(C)O[Si]1(C)O[Si](C)(O[Si](C)(C)C)O[Si](C)(O[Si](C)(C)C)O[Si](C)(O[Si](C)(C)C)O[Si](C)(O[Si](C)(C)C)O[Si](C)(O[Si](C)(C)C)O[Si](C)(O[Si](C)(C)C)O[Si](C)(O[Si](C)(C)C)O[Si](C)(O[Si](C)(C)C)O[Si](C)(O[Si](C)(C)C)O[Si](C)(O[Si](C)(C)C)O[Si](C)(O[Si](C)(C)C)O1. The summed E-state index contributed by atoms with van der Waals surface area (Å²) in [5.74, 6) is 0. The van der Waals surface area contributed by atoms with Crippen molar-refractivity contribution in [2.24, 2.45) is 0 Å². The van der Waals surface area contributed by atoms with Crippen LogP contribution in [0, 0.1) is 0 Å². The van der Waals surface area contributed by atoms with Gasteiger partial charge in [-0.3, -0.25) is 0 Å². The minimum Gasteiger partial charge on any atom is -0.417 e. The second-order valence-electron chi connectivity index (χ2n) is 38.1. The van der Waals surface area contributed by atoms with E-state index in [2.05, 4.69) is 236 Å². The molecular weight excluding hydrogens is 1630 g/mol. The summed E-state index contributed by atoms with van der Waals surface area (Å²) in [4.78, 5) is 0. The summed E-state index contributed by atoms with van der Waals surface area (Å²) >= 11 is 0. The topological polar surface area (TPSA) is 222 Å². The van der Waals surface area contributed by atoms with Crippen LogP contribution in [0.3, 0.4) is 0 Å². The highest BCUT2D eigenvalue weighted by atomic mass is 28.6. The Labute approximate surface area is 613 Å². The molecule has 1 rings (SSSR count). The zero-order valence-electron chi connectivity index (χ0n) is 69.8. The van der Waals surface area contributed by atoms with Crippen LogP contribution >= 0.6 is 0 Å². The van der Waals surface area contributed by atoms with E-state index in [4.69, 9.17) is 98.8 Å². The molecule has 0 spiro atoms. The molecule has 0 aliphatic carbocycles. The minimum absolute atomic E-state index is 1.88. The lowest BCUT2D eigenvalue weighted by molar-refractivity contribution is 0.0985. The molecule has 0 radical (unpaired) electrons. The smallest absolute Gasteiger partial charge is 0.417 e. The monoisotopic (exact) mass is 1780 g/mol. The molecule has 0 saturated carbocycles. The third kappa shape index (κ3) is 42.3. The molecule has 0 aromatic carbocycles. The average Bonchev–Trinajstić information content (AvgIpc) is 3.03. The van der Waals surface area contributed by atoms with E-state index in [0.717, 1.165) is 0 Å². The standard InChI is InChI=1S/C48H144O24Si24/c1-73(2,3)49-85(37)61-86(38,50-74(4,5)6)63-88(40,52-76(10,11)12)65-90(42,54-78(16,17)18)67-92(44,56-80(22,23)24)69-94(46,58-82(28,29)30)71-96(48,60-84(34,35)36)72-95(47,59-83(31,32)33)70-93(45,57-81(25,26)27)68-91(43,55-79(19,20)21)66-89(41,53-77(13,14)15)64-87(39,62-85)51-75(7,8)9/h1-48H3. The molecule has 0 unspecified atom stereocenters. The summed E-state index contributed by atoms with van der Waals surface area (Å²) in [7, 11) is -82.9. The molecule has 24 nitrogen and oxygen atoms in total. The Balaban J connectivity index is 5.54. The molecule has 0 N–H and O–H groups in total. The third-order valence-corrected chi connectivity index (χ3v) is 93.1. The first-order valence-electron chi connectivity index (χ1n) is 33.8. The van der Waals surface area contributed by atoms with Crippen LogP contribution in [-0.4, -0.2) is 205 Å². The van der Waals surface area contributed by atoms with Crippen LogP contribution in [0.2, 0.25) is 314 Å². The van der Waals surface area contributed by atoms with Crippen LogP contribution in [0.5, 0.6) is 0 Å². The van der Waals surface area contributed by atoms with Gasteiger partial charge in [0.05, 0.1) is 0 Å². The molecule has 0 amide bonds. The van der Waals surface area contributed by atoms with E-state index in [1.165, 1.54) is 0 Å². The van der Waals surface area contributed by atoms with Crippen LogP contribution in [0.1, 0.15) is 0 Å². The fraction of sp³-hybridized carbons (Fsp3) is 1.00. The minimum atomic E-state index is -4.23. The Kier molecular flexibility index (Phi) is 33.0. The van der Waals surface area contributed by atoms with Gasteiger partial charge in [-0.05, 0) is 236 Å². The van der Waals surface area contributed by atoms with Gasteiger partial charge in [-0.1, -0.05) is 0 Å². The van der Waals surface area contributed by atoms with Gasteiger partial charge in [-0.2, -0.15) is 0 Å². The summed E-state index contributed by atoms with van der Waals surface area (Å²) in [6, 6.07) is 0. The van der Waals surface area contributed by atoms with E-state index >= 15 is 0 Å². The maximum Gasteiger partial charge on any atom is 0.472 e. The van der Waals surface area contributed by atoms with Crippen molar-refractivity contribution in [3.05, 3.63) is 0 Å². The lowest BCUT2D eigenvalue weighted by Gasteiger charge is -2.50. The summed E-state index contributed by atoms with van der Waals surface area (Å²) < 4.78 is 181. The normalized spacial score (nSPS) is 36.0. The van der Waals surface area contributed by atoms with Gasteiger partial charge in [-0.15, -0.1) is 0 Å². The van der Waals surface area contributed by atoms with E-state index < -0.39 is 205 Å². The zero-order valence-corrected chi connectivity index (χ0v) is 93.8. The van der Waals surface area contributed by atoms with Crippen molar-refractivity contribution in [3.8, 4) is 0 Å². The first kappa shape index (κ1) is 98.3. The van der Waals surface area contributed by atoms with Crippen molar-refractivity contribution in [3.63, 3.8) is 0 Å². The molecule has 1 aliphatic heterocycles. The number of rotatable bonds is 24. The maximum absolute atomic E-state index is 7.73. The fourth-order valence-electron chi connectivity index (χ4n) is 11.5. The van der Waals surface area contributed by atoms with Crippen molar-refractivity contribution in [1.29, 1.82) is 0 Å². The third-order valence-electron chi connectivity index (χ3n) is 10.3. The molecule has 1 saturated heterocycles. The van der Waals surface area contributed by atoms with Crippen LogP contribution in [0.4, 0.5) is 0 Å². The quantitative estimate of drug-likeness (QED) is 0.0820. The highest BCUT2D eigenvalue weighted by Crippen LogP contribution is 2.42. The van der Waals surface area contributed by atoms with E-state index in [1.807, 2.05) is 78.6 Å². The largest absolute Gasteiger partial charge is 0.472 e. The molecule has 0 bridgehead atoms. The second-order valence-corrected chi connectivity index (χ2v) is 129. The van der Waals surface area contributed by atoms with Gasteiger partial charge in [0.15, 0.2) is 99.8 Å². The summed E-state index contributed by atoms with van der Waals surface area (Å²) in [6.45, 7) is 98.1. The maximum atomic E-state index is 7.73. The average molecular weight is 1780 g/mol. The van der Waals surface area contributed by atoms with Gasteiger partial charge in [0.1, 0.15) is 0 Å². The molecule has 1 heterocycles. The highest BCUT2D eigenvalue weighted by molar-refractivity contribution is 7.00. The molecule has 96 heavy (non-hydrogen) atoms. The van der Waals surface area contributed by atoms with Crippen molar-refractivity contribution >= 4 is 205 Å². The van der Waals surface area contributed by atoms with E-state index in [9.17, 15) is 0 Å². The van der Waals surface area contributed by atoms with Gasteiger partial charge in [0, 0.05) is 78.6 Å². The van der Waals surface area contributed by atoms with Gasteiger partial charge in [0.25, 0.3) is 0 Å². The predicted octanol–water partition coefficient (Wildman–Crippen LogP) is 17.2. The molecule has 0 atom stereocenters. The van der Waals surface area contributed by atoms with E-state index in [-0.39, 0.29) is 0 Å². The van der Waals surface area contributed by atoms with Crippen LogP contribution in [0.25, 0.3) is 0 Å².